The van der Waals surface area contributed by atoms with Crippen LogP contribution in [-0.2, 0) is 0 Å². The van der Waals surface area contributed by atoms with E-state index in [9.17, 15) is 0 Å². The molecule has 0 radical (unpaired) electrons. The highest BCUT2D eigenvalue weighted by Crippen LogP contribution is 2.34. The van der Waals surface area contributed by atoms with Gasteiger partial charge in [0.15, 0.2) is 0 Å². The fraction of sp³-hybridized carbons (Fsp3) is 0.714. The van der Waals surface area contributed by atoms with Crippen molar-refractivity contribution in [1.29, 1.82) is 0 Å². The lowest BCUT2D eigenvalue weighted by Crippen LogP contribution is -2.22. The van der Waals surface area contributed by atoms with Gasteiger partial charge in [-0.3, -0.25) is 0 Å². The lowest BCUT2D eigenvalue weighted by molar-refractivity contribution is 0.688. The van der Waals surface area contributed by atoms with E-state index in [0.717, 1.165) is 0 Å². The lowest BCUT2D eigenvalue weighted by Gasteiger charge is -2.13. The highest BCUT2D eigenvalue weighted by molar-refractivity contribution is 8.03. The standard InChI is InChI=1S/C7H11NS/c1-3-8-5-6-2-4-9-7(1)6/h8H,1-5H2. The van der Waals surface area contributed by atoms with Crippen molar-refractivity contribution in [3.63, 3.8) is 0 Å². The Balaban J connectivity index is 2.17. The molecule has 0 aliphatic carbocycles. The third-order valence-corrected chi connectivity index (χ3v) is 3.19. The smallest absolute Gasteiger partial charge is 0.0175 e. The van der Waals surface area contributed by atoms with Crippen LogP contribution in [0.1, 0.15) is 12.8 Å². The molecule has 2 rings (SSSR count). The normalized spacial score (nSPS) is 26.7. The van der Waals surface area contributed by atoms with Crippen molar-refractivity contribution in [2.45, 2.75) is 12.8 Å². The average molecular weight is 141 g/mol. The van der Waals surface area contributed by atoms with Crippen molar-refractivity contribution in [3.05, 3.63) is 10.5 Å². The Kier molecular flexibility index (Phi) is 1.52. The van der Waals surface area contributed by atoms with Gasteiger partial charge >= 0.3 is 0 Å². The molecule has 0 aromatic heterocycles. The molecule has 50 valence electrons. The summed E-state index contributed by atoms with van der Waals surface area (Å²) in [5.41, 5.74) is 1.69. The molecular weight excluding hydrogens is 130 g/mol. The van der Waals surface area contributed by atoms with Gasteiger partial charge in [-0.1, -0.05) is 0 Å². The largest absolute Gasteiger partial charge is 0.313 e. The van der Waals surface area contributed by atoms with Gasteiger partial charge < -0.3 is 5.32 Å². The zero-order valence-electron chi connectivity index (χ0n) is 5.44. The second kappa shape index (κ2) is 2.35. The Labute approximate surface area is 59.9 Å². The van der Waals surface area contributed by atoms with Gasteiger partial charge in [-0.05, 0) is 29.9 Å². The monoisotopic (exact) mass is 141 g/mol. The van der Waals surface area contributed by atoms with Crippen LogP contribution in [0.3, 0.4) is 0 Å². The molecule has 0 fully saturated rings. The van der Waals surface area contributed by atoms with E-state index in [0.29, 0.717) is 0 Å². The maximum absolute atomic E-state index is 3.38. The zero-order valence-corrected chi connectivity index (χ0v) is 6.26. The molecule has 0 saturated carbocycles. The summed E-state index contributed by atoms with van der Waals surface area (Å²) in [5.74, 6) is 1.34. The SMILES string of the molecule is C1CC2=C(CCS2)CN1. The molecule has 0 bridgehead atoms. The minimum atomic E-state index is 1.17. The van der Waals surface area contributed by atoms with Gasteiger partial charge in [-0.15, -0.1) is 11.8 Å². The molecule has 0 aromatic rings. The van der Waals surface area contributed by atoms with Gasteiger partial charge in [-0.2, -0.15) is 0 Å². The van der Waals surface area contributed by atoms with Crippen LogP contribution in [0.5, 0.6) is 0 Å². The third-order valence-electron chi connectivity index (χ3n) is 1.94. The van der Waals surface area contributed by atoms with Crippen LogP contribution in [-0.4, -0.2) is 18.8 Å². The van der Waals surface area contributed by atoms with Crippen LogP contribution in [0.2, 0.25) is 0 Å². The van der Waals surface area contributed by atoms with E-state index < -0.39 is 0 Å². The van der Waals surface area contributed by atoms with Crippen molar-refractivity contribution in [3.8, 4) is 0 Å². The molecule has 0 amide bonds. The van der Waals surface area contributed by atoms with Crippen LogP contribution in [0, 0.1) is 0 Å². The first-order valence-electron chi connectivity index (χ1n) is 3.51. The summed E-state index contributed by atoms with van der Waals surface area (Å²) in [6, 6.07) is 0. The van der Waals surface area contributed by atoms with Crippen molar-refractivity contribution >= 4 is 11.8 Å². The molecule has 9 heavy (non-hydrogen) atoms. The van der Waals surface area contributed by atoms with E-state index in [1.165, 1.54) is 31.7 Å². The van der Waals surface area contributed by atoms with Gasteiger partial charge in [0, 0.05) is 12.3 Å². The van der Waals surface area contributed by atoms with Gasteiger partial charge in [0.1, 0.15) is 0 Å². The Hall–Kier alpha value is 0.0500. The van der Waals surface area contributed by atoms with E-state index in [1.807, 2.05) is 0 Å². The molecule has 2 heterocycles. The van der Waals surface area contributed by atoms with Crippen molar-refractivity contribution < 1.29 is 0 Å². The van der Waals surface area contributed by atoms with Crippen molar-refractivity contribution in [2.24, 2.45) is 0 Å². The average Bonchev–Trinajstić information content (AvgIpc) is 2.33. The molecular formula is C7H11NS. The molecule has 0 unspecified atom stereocenters. The molecule has 2 aliphatic rings. The van der Waals surface area contributed by atoms with Crippen molar-refractivity contribution in [2.75, 3.05) is 18.8 Å². The minimum Gasteiger partial charge on any atom is -0.313 e. The number of nitrogens with one attached hydrogen (secondary N) is 1. The third kappa shape index (κ3) is 1.01. The molecule has 0 atom stereocenters. The first kappa shape index (κ1) is 5.81. The molecule has 1 nitrogen and oxygen atoms in total. The topological polar surface area (TPSA) is 12.0 Å². The van der Waals surface area contributed by atoms with Crippen LogP contribution < -0.4 is 5.32 Å². The highest BCUT2D eigenvalue weighted by atomic mass is 32.2. The second-order valence-electron chi connectivity index (χ2n) is 2.55. The Morgan fingerprint density at radius 2 is 2.33 bits per heavy atom. The number of rotatable bonds is 0. The van der Waals surface area contributed by atoms with Gasteiger partial charge in [0.2, 0.25) is 0 Å². The van der Waals surface area contributed by atoms with Crippen LogP contribution in [0.15, 0.2) is 10.5 Å². The zero-order chi connectivity index (χ0) is 6.10. The van der Waals surface area contributed by atoms with Gasteiger partial charge in [0.05, 0.1) is 0 Å². The summed E-state index contributed by atoms with van der Waals surface area (Å²) in [5, 5.41) is 3.38. The molecule has 2 heteroatoms. The maximum atomic E-state index is 3.38. The predicted molar refractivity (Wildman–Crippen MR) is 41.6 cm³/mol. The predicted octanol–water partition coefficient (Wildman–Crippen LogP) is 1.37. The molecule has 0 saturated heterocycles. The summed E-state index contributed by atoms with van der Waals surface area (Å²) >= 11 is 2.07. The lowest BCUT2D eigenvalue weighted by atomic mass is 10.1. The Morgan fingerprint density at radius 1 is 1.33 bits per heavy atom. The highest BCUT2D eigenvalue weighted by Gasteiger charge is 2.17. The summed E-state index contributed by atoms with van der Waals surface area (Å²) < 4.78 is 0. The number of hydrogen-bond donors (Lipinski definition) is 1. The van der Waals surface area contributed by atoms with E-state index in [1.54, 1.807) is 10.5 Å². The first-order valence-corrected chi connectivity index (χ1v) is 4.50. The Morgan fingerprint density at radius 3 is 3.22 bits per heavy atom. The molecule has 0 spiro atoms. The van der Waals surface area contributed by atoms with E-state index in [2.05, 4.69) is 17.1 Å². The number of hydrogen-bond acceptors (Lipinski definition) is 2. The minimum absolute atomic E-state index is 1.17. The fourth-order valence-electron chi connectivity index (χ4n) is 1.42. The summed E-state index contributed by atoms with van der Waals surface area (Å²) in [6.45, 7) is 2.37. The van der Waals surface area contributed by atoms with E-state index in [-0.39, 0.29) is 0 Å². The summed E-state index contributed by atoms with van der Waals surface area (Å²) in [7, 11) is 0. The molecule has 0 aromatic carbocycles. The number of thioether (sulfide) groups is 1. The van der Waals surface area contributed by atoms with Crippen molar-refractivity contribution in [1.82, 2.24) is 5.32 Å². The summed E-state index contributed by atoms with van der Waals surface area (Å²) in [6.07, 6.45) is 2.63. The van der Waals surface area contributed by atoms with E-state index >= 15 is 0 Å². The Bertz CT molecular complexity index is 135. The van der Waals surface area contributed by atoms with Crippen LogP contribution in [0.25, 0.3) is 0 Å². The fourth-order valence-corrected chi connectivity index (χ4v) is 2.64. The molecule has 2 aliphatic heterocycles. The molecule has 1 N–H and O–H groups in total. The maximum Gasteiger partial charge on any atom is 0.0175 e. The summed E-state index contributed by atoms with van der Waals surface area (Å²) in [4.78, 5) is 1.69. The quantitative estimate of drug-likeness (QED) is 0.547. The van der Waals surface area contributed by atoms with Gasteiger partial charge in [-0.25, -0.2) is 0 Å². The second-order valence-corrected chi connectivity index (χ2v) is 3.74. The van der Waals surface area contributed by atoms with Gasteiger partial charge in [0.25, 0.3) is 0 Å². The first-order chi connectivity index (χ1) is 4.47. The van der Waals surface area contributed by atoms with Crippen LogP contribution in [0.4, 0.5) is 0 Å². The van der Waals surface area contributed by atoms with Crippen LogP contribution >= 0.6 is 11.8 Å². The van der Waals surface area contributed by atoms with E-state index in [4.69, 9.17) is 0 Å².